The van der Waals surface area contributed by atoms with E-state index in [-0.39, 0.29) is 4.90 Å². The number of rotatable bonds is 8. The van der Waals surface area contributed by atoms with Gasteiger partial charge in [-0.15, -0.1) is 0 Å². The predicted octanol–water partition coefficient (Wildman–Crippen LogP) is 5.82. The summed E-state index contributed by atoms with van der Waals surface area (Å²) in [4.78, 5) is 13.0. The van der Waals surface area contributed by atoms with Gasteiger partial charge in [-0.05, 0) is 87.9 Å². The summed E-state index contributed by atoms with van der Waals surface area (Å²) in [5, 5.41) is 4.13. The van der Waals surface area contributed by atoms with Crippen molar-refractivity contribution < 1.29 is 13.2 Å². The lowest BCUT2D eigenvalue weighted by Gasteiger charge is -2.24. The number of sulfonamides is 1. The van der Waals surface area contributed by atoms with E-state index < -0.39 is 22.5 Å². The lowest BCUT2D eigenvalue weighted by molar-refractivity contribution is -0.119. The first-order valence-corrected chi connectivity index (χ1v) is 14.2. The number of hydrogen-bond donors (Lipinski definition) is 1. The van der Waals surface area contributed by atoms with Crippen LogP contribution in [0.2, 0.25) is 0 Å². The Kier molecular flexibility index (Phi) is 8.18. The molecule has 0 unspecified atom stereocenters. The smallest absolute Gasteiger partial charge is 0.264 e. The van der Waals surface area contributed by atoms with Gasteiger partial charge in [0.1, 0.15) is 6.54 Å². The minimum atomic E-state index is -3.99. The molecule has 4 aromatic rings. The molecule has 0 atom stereocenters. The topological polar surface area (TPSA) is 83.8 Å². The van der Waals surface area contributed by atoms with Crippen LogP contribution in [0.25, 0.3) is 5.69 Å². The first-order valence-electron chi connectivity index (χ1n) is 12.0. The van der Waals surface area contributed by atoms with Gasteiger partial charge in [-0.2, -0.15) is 5.10 Å². The van der Waals surface area contributed by atoms with E-state index in [0.29, 0.717) is 5.69 Å². The highest BCUT2D eigenvalue weighted by atomic mass is 79.9. The van der Waals surface area contributed by atoms with E-state index in [1.165, 1.54) is 0 Å². The molecule has 1 aromatic heterocycles. The number of aryl methyl sites for hydroxylation is 3. The molecule has 0 aliphatic rings. The van der Waals surface area contributed by atoms with E-state index in [1.807, 2.05) is 64.1 Å². The Bertz CT molecular complexity index is 1590. The first-order chi connectivity index (χ1) is 18.1. The molecule has 38 heavy (non-hydrogen) atoms. The second-order valence-corrected chi connectivity index (χ2v) is 11.9. The summed E-state index contributed by atoms with van der Waals surface area (Å²) in [5.41, 5.74) is 8.56. The van der Waals surface area contributed by atoms with Crippen LogP contribution in [0.3, 0.4) is 0 Å². The molecule has 1 N–H and O–H groups in total. The van der Waals surface area contributed by atoms with Gasteiger partial charge in [-0.1, -0.05) is 45.8 Å². The summed E-state index contributed by atoms with van der Waals surface area (Å²) in [6.45, 7) is 7.31. The molecule has 0 fully saturated rings. The molecular formula is C29H29BrN4O3S. The Morgan fingerprint density at radius 1 is 0.947 bits per heavy atom. The number of anilines is 1. The number of halogens is 1. The SMILES string of the molecule is Cc1ccc(S(=O)(=O)N(CC(=O)N/N=C\c2cc(C)n(-c3ccc(Br)cc3)c2C)c2cccc(C)c2)cc1. The van der Waals surface area contributed by atoms with Crippen LogP contribution in [0.1, 0.15) is 28.1 Å². The van der Waals surface area contributed by atoms with Crippen molar-refractivity contribution in [2.24, 2.45) is 5.10 Å². The molecule has 1 amide bonds. The number of aromatic nitrogens is 1. The number of carbonyl (C=O) groups is 1. The molecule has 0 aliphatic carbocycles. The van der Waals surface area contributed by atoms with Crippen molar-refractivity contribution in [1.82, 2.24) is 9.99 Å². The van der Waals surface area contributed by atoms with Gasteiger partial charge in [0, 0.05) is 27.1 Å². The Balaban J connectivity index is 1.55. The van der Waals surface area contributed by atoms with E-state index in [4.69, 9.17) is 0 Å². The maximum absolute atomic E-state index is 13.5. The molecule has 0 saturated heterocycles. The molecule has 0 spiro atoms. The molecule has 0 bridgehead atoms. The number of amides is 1. The Hall–Kier alpha value is -3.69. The molecular weight excluding hydrogens is 564 g/mol. The molecule has 7 nitrogen and oxygen atoms in total. The van der Waals surface area contributed by atoms with Crippen molar-refractivity contribution in [2.75, 3.05) is 10.8 Å². The summed E-state index contributed by atoms with van der Waals surface area (Å²) in [5.74, 6) is -0.555. The van der Waals surface area contributed by atoms with E-state index in [1.54, 1.807) is 48.7 Å². The third-order valence-electron chi connectivity index (χ3n) is 6.13. The normalized spacial score (nSPS) is 11.6. The molecule has 0 saturated carbocycles. The Morgan fingerprint density at radius 3 is 2.29 bits per heavy atom. The largest absolute Gasteiger partial charge is 0.318 e. The number of carbonyl (C=O) groups excluding carboxylic acids is 1. The van der Waals surface area contributed by atoms with Crippen LogP contribution >= 0.6 is 15.9 Å². The number of nitrogens with one attached hydrogen (secondary N) is 1. The van der Waals surface area contributed by atoms with Crippen LogP contribution in [0, 0.1) is 27.7 Å². The lowest BCUT2D eigenvalue weighted by atomic mass is 10.2. The monoisotopic (exact) mass is 592 g/mol. The molecule has 0 radical (unpaired) electrons. The minimum absolute atomic E-state index is 0.112. The zero-order valence-corrected chi connectivity index (χ0v) is 24.0. The summed E-state index contributed by atoms with van der Waals surface area (Å²) in [7, 11) is -3.99. The fourth-order valence-corrected chi connectivity index (χ4v) is 5.86. The van der Waals surface area contributed by atoms with Crippen LogP contribution in [0.4, 0.5) is 5.69 Å². The fraction of sp³-hybridized carbons (Fsp3) is 0.172. The van der Waals surface area contributed by atoms with Crippen LogP contribution in [0.15, 0.2) is 93.3 Å². The van der Waals surface area contributed by atoms with Gasteiger partial charge >= 0.3 is 0 Å². The van der Waals surface area contributed by atoms with E-state index in [0.717, 1.165) is 42.5 Å². The number of hydrazone groups is 1. The fourth-order valence-electron chi connectivity index (χ4n) is 4.18. The minimum Gasteiger partial charge on any atom is -0.318 e. The highest BCUT2D eigenvalue weighted by molar-refractivity contribution is 9.10. The quantitative estimate of drug-likeness (QED) is 0.207. The molecule has 3 aromatic carbocycles. The van der Waals surface area contributed by atoms with Crippen LogP contribution < -0.4 is 9.73 Å². The van der Waals surface area contributed by atoms with Crippen LogP contribution in [-0.4, -0.2) is 31.7 Å². The molecule has 196 valence electrons. The van der Waals surface area contributed by atoms with Gasteiger partial charge in [-0.25, -0.2) is 13.8 Å². The average Bonchev–Trinajstić information content (AvgIpc) is 3.16. The van der Waals surface area contributed by atoms with Crippen molar-refractivity contribution in [3.05, 3.63) is 111 Å². The zero-order chi connectivity index (χ0) is 27.4. The van der Waals surface area contributed by atoms with Crippen LogP contribution in [0.5, 0.6) is 0 Å². The van der Waals surface area contributed by atoms with Gasteiger partial charge < -0.3 is 4.57 Å². The van der Waals surface area contributed by atoms with E-state index in [2.05, 4.69) is 31.0 Å². The van der Waals surface area contributed by atoms with Gasteiger partial charge in [0.05, 0.1) is 16.8 Å². The molecule has 0 aliphatic heterocycles. The van der Waals surface area contributed by atoms with E-state index >= 15 is 0 Å². The Labute approximate surface area is 232 Å². The molecule has 4 rings (SSSR count). The van der Waals surface area contributed by atoms with Crippen LogP contribution in [-0.2, 0) is 14.8 Å². The molecule has 9 heteroatoms. The second-order valence-electron chi connectivity index (χ2n) is 9.10. The highest BCUT2D eigenvalue weighted by Crippen LogP contribution is 2.25. The van der Waals surface area contributed by atoms with Crippen molar-refractivity contribution in [3.63, 3.8) is 0 Å². The highest BCUT2D eigenvalue weighted by Gasteiger charge is 2.27. The number of nitrogens with zero attached hydrogens (tertiary/aromatic N) is 3. The van der Waals surface area contributed by atoms with Gasteiger partial charge in [0.25, 0.3) is 15.9 Å². The van der Waals surface area contributed by atoms with Gasteiger partial charge in [0.2, 0.25) is 0 Å². The summed E-state index contributed by atoms with van der Waals surface area (Å²) >= 11 is 3.46. The lowest BCUT2D eigenvalue weighted by Crippen LogP contribution is -2.39. The molecule has 1 heterocycles. The summed E-state index contributed by atoms with van der Waals surface area (Å²) < 4.78 is 31.3. The van der Waals surface area contributed by atoms with Crippen molar-refractivity contribution in [2.45, 2.75) is 32.6 Å². The van der Waals surface area contributed by atoms with Crippen molar-refractivity contribution in [1.29, 1.82) is 0 Å². The predicted molar refractivity (Wildman–Crippen MR) is 156 cm³/mol. The standard InChI is InChI=1S/C29H29BrN4O3S/c1-20-8-14-28(15-9-20)38(36,37)33(27-7-5-6-21(2)16-27)19-29(35)32-31-18-24-17-22(3)34(23(24)4)26-12-10-25(30)11-13-26/h5-18H,19H2,1-4H3,(H,32,35)/b31-18-. The number of benzene rings is 3. The Morgan fingerprint density at radius 2 is 1.63 bits per heavy atom. The third-order valence-corrected chi connectivity index (χ3v) is 8.45. The zero-order valence-electron chi connectivity index (χ0n) is 21.6. The number of hydrogen-bond acceptors (Lipinski definition) is 4. The van der Waals surface area contributed by atoms with Crippen molar-refractivity contribution in [3.8, 4) is 5.69 Å². The maximum atomic E-state index is 13.5. The van der Waals surface area contributed by atoms with Crippen molar-refractivity contribution >= 4 is 43.8 Å². The average molecular weight is 594 g/mol. The third kappa shape index (κ3) is 6.06. The summed E-state index contributed by atoms with van der Waals surface area (Å²) in [6, 6.07) is 23.6. The van der Waals surface area contributed by atoms with Gasteiger partial charge in [0.15, 0.2) is 0 Å². The summed E-state index contributed by atoms with van der Waals surface area (Å²) in [6.07, 6.45) is 1.57. The first kappa shape index (κ1) is 27.3. The van der Waals surface area contributed by atoms with E-state index in [9.17, 15) is 13.2 Å². The second kappa shape index (κ2) is 11.4. The van der Waals surface area contributed by atoms with Gasteiger partial charge in [-0.3, -0.25) is 9.10 Å². The maximum Gasteiger partial charge on any atom is 0.264 e.